The third-order valence-corrected chi connectivity index (χ3v) is 1.66. The van der Waals surface area contributed by atoms with Crippen LogP contribution in [0.15, 0.2) is 16.9 Å². The Morgan fingerprint density at radius 2 is 2.00 bits per heavy atom. The van der Waals surface area contributed by atoms with Crippen LogP contribution in [0.1, 0.15) is 18.2 Å². The summed E-state index contributed by atoms with van der Waals surface area (Å²) >= 11 is 0. The van der Waals surface area contributed by atoms with Gasteiger partial charge in [-0.15, -0.1) is 0 Å². The fourth-order valence-electron chi connectivity index (χ4n) is 0.944. The summed E-state index contributed by atoms with van der Waals surface area (Å²) in [6, 6.07) is 2.07. The SMILES string of the molecule is CCc1ccc(C(F)(F)F)c(=O)[nH]1. The monoisotopic (exact) mass is 191 g/mol. The van der Waals surface area contributed by atoms with Crippen molar-refractivity contribution in [2.75, 3.05) is 0 Å². The van der Waals surface area contributed by atoms with Gasteiger partial charge in [-0.05, 0) is 18.6 Å². The summed E-state index contributed by atoms with van der Waals surface area (Å²) in [7, 11) is 0. The fraction of sp³-hybridized carbons (Fsp3) is 0.375. The Labute approximate surface area is 72.4 Å². The zero-order valence-corrected chi connectivity index (χ0v) is 6.90. The number of aryl methyl sites for hydroxylation is 1. The van der Waals surface area contributed by atoms with Gasteiger partial charge in [0.05, 0.1) is 0 Å². The molecule has 0 aliphatic heterocycles. The number of hydrogen-bond donors (Lipinski definition) is 1. The average Bonchev–Trinajstić information content (AvgIpc) is 2.01. The molecule has 0 atom stereocenters. The third kappa shape index (κ3) is 2.11. The van der Waals surface area contributed by atoms with Gasteiger partial charge < -0.3 is 4.98 Å². The normalized spacial score (nSPS) is 11.7. The number of hydrogen-bond acceptors (Lipinski definition) is 1. The van der Waals surface area contributed by atoms with Gasteiger partial charge in [0, 0.05) is 5.69 Å². The molecule has 0 radical (unpaired) electrons. The second kappa shape index (κ2) is 3.24. The van der Waals surface area contributed by atoms with Gasteiger partial charge in [0.2, 0.25) is 0 Å². The number of rotatable bonds is 1. The highest BCUT2D eigenvalue weighted by Crippen LogP contribution is 2.25. The van der Waals surface area contributed by atoms with Gasteiger partial charge in [-0.2, -0.15) is 13.2 Å². The van der Waals surface area contributed by atoms with Crippen molar-refractivity contribution >= 4 is 0 Å². The van der Waals surface area contributed by atoms with Crippen molar-refractivity contribution in [1.29, 1.82) is 0 Å². The number of nitrogens with one attached hydrogen (secondary N) is 1. The van der Waals surface area contributed by atoms with Crippen LogP contribution in [0.25, 0.3) is 0 Å². The van der Waals surface area contributed by atoms with Gasteiger partial charge in [-0.25, -0.2) is 0 Å². The molecule has 5 heteroatoms. The van der Waals surface area contributed by atoms with Gasteiger partial charge in [-0.1, -0.05) is 6.92 Å². The van der Waals surface area contributed by atoms with Crippen LogP contribution in [0, 0.1) is 0 Å². The molecule has 0 spiro atoms. The molecular formula is C8H8F3NO. The molecule has 1 N–H and O–H groups in total. The van der Waals surface area contributed by atoms with Gasteiger partial charge in [0.25, 0.3) is 5.56 Å². The standard InChI is InChI=1S/C8H8F3NO/c1-2-5-3-4-6(7(13)12-5)8(9,10)11/h3-4H,2H2,1H3,(H,12,13). The van der Waals surface area contributed by atoms with Crippen molar-refractivity contribution in [1.82, 2.24) is 4.98 Å². The predicted octanol–water partition coefficient (Wildman–Crippen LogP) is 1.96. The molecule has 0 saturated carbocycles. The maximum absolute atomic E-state index is 12.1. The van der Waals surface area contributed by atoms with Crippen LogP contribution in [-0.4, -0.2) is 4.98 Å². The van der Waals surface area contributed by atoms with Gasteiger partial charge in [-0.3, -0.25) is 4.79 Å². The number of aromatic amines is 1. The molecule has 0 amide bonds. The van der Waals surface area contributed by atoms with Crippen molar-refractivity contribution < 1.29 is 13.2 Å². The average molecular weight is 191 g/mol. The van der Waals surface area contributed by atoms with E-state index in [0.29, 0.717) is 12.1 Å². The van der Waals surface area contributed by atoms with E-state index in [-0.39, 0.29) is 0 Å². The molecule has 2 nitrogen and oxygen atoms in total. The summed E-state index contributed by atoms with van der Waals surface area (Å²) < 4.78 is 36.2. The Balaban J connectivity index is 3.21. The molecule has 0 aliphatic rings. The lowest BCUT2D eigenvalue weighted by molar-refractivity contribution is -0.138. The van der Waals surface area contributed by atoms with Gasteiger partial charge in [0.1, 0.15) is 5.56 Å². The van der Waals surface area contributed by atoms with Crippen molar-refractivity contribution in [3.05, 3.63) is 33.7 Å². The van der Waals surface area contributed by atoms with E-state index < -0.39 is 17.3 Å². The van der Waals surface area contributed by atoms with Gasteiger partial charge in [0.15, 0.2) is 0 Å². The van der Waals surface area contributed by atoms with Gasteiger partial charge >= 0.3 is 6.18 Å². The number of pyridine rings is 1. The highest BCUT2D eigenvalue weighted by Gasteiger charge is 2.33. The maximum Gasteiger partial charge on any atom is 0.421 e. The first kappa shape index (κ1) is 9.83. The first-order chi connectivity index (χ1) is 5.95. The first-order valence-electron chi connectivity index (χ1n) is 3.74. The quantitative estimate of drug-likeness (QED) is 0.723. The van der Waals surface area contributed by atoms with Crippen LogP contribution in [-0.2, 0) is 12.6 Å². The third-order valence-electron chi connectivity index (χ3n) is 1.66. The van der Waals surface area contributed by atoms with Crippen LogP contribution in [0.4, 0.5) is 13.2 Å². The van der Waals surface area contributed by atoms with Crippen LogP contribution in [0.2, 0.25) is 0 Å². The van der Waals surface area contributed by atoms with Crippen LogP contribution in [0.3, 0.4) is 0 Å². The highest BCUT2D eigenvalue weighted by molar-refractivity contribution is 5.17. The minimum Gasteiger partial charge on any atom is -0.326 e. The van der Waals surface area contributed by atoms with Crippen molar-refractivity contribution in [2.24, 2.45) is 0 Å². The Kier molecular flexibility index (Phi) is 2.45. The number of halogens is 3. The van der Waals surface area contributed by atoms with Crippen molar-refractivity contribution in [2.45, 2.75) is 19.5 Å². The maximum atomic E-state index is 12.1. The molecule has 72 valence electrons. The minimum absolute atomic E-state index is 0.498. The molecule has 13 heavy (non-hydrogen) atoms. The summed E-state index contributed by atoms with van der Waals surface area (Å²) in [5.74, 6) is 0. The molecule has 0 unspecified atom stereocenters. The van der Waals surface area contributed by atoms with E-state index >= 15 is 0 Å². The Hall–Kier alpha value is -1.26. The highest BCUT2D eigenvalue weighted by atomic mass is 19.4. The molecule has 1 aromatic heterocycles. The van der Waals surface area contributed by atoms with E-state index in [1.54, 1.807) is 6.92 Å². The van der Waals surface area contributed by atoms with Crippen LogP contribution >= 0.6 is 0 Å². The minimum atomic E-state index is -4.57. The molecule has 0 bridgehead atoms. The molecule has 0 fully saturated rings. The molecule has 1 heterocycles. The summed E-state index contributed by atoms with van der Waals surface area (Å²) in [6.07, 6.45) is -4.06. The molecule has 1 aromatic rings. The Morgan fingerprint density at radius 1 is 1.38 bits per heavy atom. The van der Waals surface area contributed by atoms with E-state index in [9.17, 15) is 18.0 Å². The molecular weight excluding hydrogens is 183 g/mol. The Morgan fingerprint density at radius 3 is 2.38 bits per heavy atom. The van der Waals surface area contributed by atoms with E-state index in [1.165, 1.54) is 6.07 Å². The zero-order chi connectivity index (χ0) is 10.1. The Bertz CT molecular complexity index is 353. The molecule has 1 rings (SSSR count). The number of aromatic nitrogens is 1. The zero-order valence-electron chi connectivity index (χ0n) is 6.90. The largest absolute Gasteiger partial charge is 0.421 e. The van der Waals surface area contributed by atoms with Crippen molar-refractivity contribution in [3.63, 3.8) is 0 Å². The molecule has 0 aromatic carbocycles. The fourth-order valence-corrected chi connectivity index (χ4v) is 0.944. The van der Waals surface area contributed by atoms with E-state index in [2.05, 4.69) is 4.98 Å². The van der Waals surface area contributed by atoms with Crippen LogP contribution < -0.4 is 5.56 Å². The smallest absolute Gasteiger partial charge is 0.326 e. The lowest BCUT2D eigenvalue weighted by Gasteiger charge is -2.05. The summed E-state index contributed by atoms with van der Waals surface area (Å²) in [4.78, 5) is 13.0. The van der Waals surface area contributed by atoms with E-state index in [4.69, 9.17) is 0 Å². The van der Waals surface area contributed by atoms with Crippen molar-refractivity contribution in [3.8, 4) is 0 Å². The van der Waals surface area contributed by atoms with E-state index in [0.717, 1.165) is 6.07 Å². The summed E-state index contributed by atoms with van der Waals surface area (Å²) in [5.41, 5.74) is -1.73. The second-order valence-corrected chi connectivity index (χ2v) is 2.58. The number of H-pyrrole nitrogens is 1. The lowest BCUT2D eigenvalue weighted by atomic mass is 10.2. The number of alkyl halides is 3. The van der Waals surface area contributed by atoms with E-state index in [1.807, 2.05) is 0 Å². The summed E-state index contributed by atoms with van der Waals surface area (Å²) in [6.45, 7) is 1.75. The predicted molar refractivity (Wildman–Crippen MR) is 41.4 cm³/mol. The first-order valence-corrected chi connectivity index (χ1v) is 3.74. The van der Waals surface area contributed by atoms with Crippen LogP contribution in [0.5, 0.6) is 0 Å². The molecule has 0 saturated heterocycles. The summed E-state index contributed by atoms with van der Waals surface area (Å²) in [5, 5.41) is 0. The topological polar surface area (TPSA) is 32.9 Å². The molecule has 0 aliphatic carbocycles. The second-order valence-electron chi connectivity index (χ2n) is 2.58. The lowest BCUT2D eigenvalue weighted by Crippen LogP contribution is -2.21.